The highest BCUT2D eigenvalue weighted by atomic mass is 127. The molecule has 1 unspecified atom stereocenters. The number of halogens is 1. The first-order chi connectivity index (χ1) is 12.2. The fourth-order valence-corrected chi connectivity index (χ4v) is 2.67. The Morgan fingerprint density at radius 3 is 2.30 bits per heavy atom. The number of hydrogen-bond donors (Lipinski definition) is 3. The summed E-state index contributed by atoms with van der Waals surface area (Å²) in [6.07, 6.45) is 1.83. The van der Waals surface area contributed by atoms with Gasteiger partial charge in [0.05, 0.1) is 18.9 Å². The minimum atomic E-state index is -3.13. The van der Waals surface area contributed by atoms with E-state index in [1.165, 1.54) is 0 Å². The van der Waals surface area contributed by atoms with Crippen LogP contribution in [0.5, 0.6) is 5.75 Å². The predicted octanol–water partition coefficient (Wildman–Crippen LogP) is 2.50. The smallest absolute Gasteiger partial charge is 0.208 e. The first-order valence-corrected chi connectivity index (χ1v) is 10.7. The molecule has 0 heterocycles. The van der Waals surface area contributed by atoms with Crippen LogP contribution in [0.15, 0.2) is 29.3 Å². The summed E-state index contributed by atoms with van der Waals surface area (Å²) in [5, 5.41) is 6.50. The summed E-state index contributed by atoms with van der Waals surface area (Å²) in [5.41, 5.74) is 1.13. The molecule has 0 radical (unpaired) electrons. The molecule has 0 aliphatic rings. The number of aliphatic imine (C=N–C) groups is 1. The van der Waals surface area contributed by atoms with Gasteiger partial charge in [0.15, 0.2) is 5.96 Å². The average Bonchev–Trinajstić information content (AvgIpc) is 2.57. The van der Waals surface area contributed by atoms with Crippen molar-refractivity contribution >= 4 is 40.0 Å². The van der Waals surface area contributed by atoms with Gasteiger partial charge in [-0.1, -0.05) is 26.0 Å². The summed E-state index contributed by atoms with van der Waals surface area (Å²) in [4.78, 5) is 4.20. The van der Waals surface area contributed by atoms with Gasteiger partial charge in [-0.2, -0.15) is 0 Å². The molecule has 0 aliphatic heterocycles. The first-order valence-electron chi connectivity index (χ1n) is 8.86. The Hall–Kier alpha value is -1.07. The molecule has 1 aromatic rings. The third kappa shape index (κ3) is 12.1. The second-order valence-electron chi connectivity index (χ2n) is 6.66. The fourth-order valence-electron chi connectivity index (χ4n) is 2.15. The van der Waals surface area contributed by atoms with Crippen molar-refractivity contribution in [3.05, 3.63) is 29.8 Å². The number of sulfonamides is 1. The van der Waals surface area contributed by atoms with Crippen molar-refractivity contribution in [2.45, 2.75) is 33.2 Å². The van der Waals surface area contributed by atoms with Crippen molar-refractivity contribution in [2.24, 2.45) is 10.9 Å². The molecule has 3 N–H and O–H groups in total. The largest absolute Gasteiger partial charge is 0.493 e. The van der Waals surface area contributed by atoms with Crippen LogP contribution in [-0.4, -0.2) is 47.4 Å². The minimum Gasteiger partial charge on any atom is -0.493 e. The number of hydrogen-bond acceptors (Lipinski definition) is 4. The molecule has 7 nitrogen and oxygen atoms in total. The van der Waals surface area contributed by atoms with Crippen LogP contribution in [0, 0.1) is 5.92 Å². The van der Waals surface area contributed by atoms with E-state index in [0.29, 0.717) is 38.0 Å². The Morgan fingerprint density at radius 1 is 1.15 bits per heavy atom. The van der Waals surface area contributed by atoms with Crippen LogP contribution < -0.4 is 20.1 Å². The Morgan fingerprint density at radius 2 is 1.78 bits per heavy atom. The van der Waals surface area contributed by atoms with E-state index in [2.05, 4.69) is 41.1 Å². The van der Waals surface area contributed by atoms with E-state index < -0.39 is 10.0 Å². The van der Waals surface area contributed by atoms with Crippen LogP contribution in [0.4, 0.5) is 0 Å². The van der Waals surface area contributed by atoms with Gasteiger partial charge in [0, 0.05) is 20.1 Å². The minimum absolute atomic E-state index is 0. The highest BCUT2D eigenvalue weighted by Gasteiger charge is 2.08. The lowest BCUT2D eigenvalue weighted by Gasteiger charge is -2.19. The fraction of sp³-hybridized carbons (Fsp3) is 0.611. The molecule has 0 aliphatic carbocycles. The van der Waals surface area contributed by atoms with Crippen LogP contribution in [0.2, 0.25) is 0 Å². The zero-order valence-electron chi connectivity index (χ0n) is 16.8. The molecule has 0 saturated heterocycles. The maximum Gasteiger partial charge on any atom is 0.208 e. The van der Waals surface area contributed by atoms with Crippen molar-refractivity contribution in [1.82, 2.24) is 15.4 Å². The van der Waals surface area contributed by atoms with E-state index in [-0.39, 0.29) is 30.0 Å². The predicted molar refractivity (Wildman–Crippen MR) is 123 cm³/mol. The quantitative estimate of drug-likeness (QED) is 0.194. The van der Waals surface area contributed by atoms with E-state index in [4.69, 9.17) is 4.74 Å². The maximum absolute atomic E-state index is 11.0. The number of nitrogens with one attached hydrogen (secondary N) is 3. The van der Waals surface area contributed by atoms with Crippen LogP contribution >= 0.6 is 24.0 Å². The van der Waals surface area contributed by atoms with Gasteiger partial charge >= 0.3 is 0 Å². The number of rotatable bonds is 10. The average molecular weight is 512 g/mol. The molecule has 1 atom stereocenters. The van der Waals surface area contributed by atoms with E-state index in [9.17, 15) is 8.42 Å². The molecule has 0 saturated carbocycles. The van der Waals surface area contributed by atoms with Crippen molar-refractivity contribution in [1.29, 1.82) is 0 Å². The topological polar surface area (TPSA) is 91.8 Å². The van der Waals surface area contributed by atoms with Gasteiger partial charge in [-0.25, -0.2) is 13.1 Å². The number of guanidine groups is 1. The van der Waals surface area contributed by atoms with Crippen LogP contribution in [0.25, 0.3) is 0 Å². The first kappa shape index (κ1) is 25.9. The molecular weight excluding hydrogens is 479 g/mol. The Kier molecular flexibility index (Phi) is 12.6. The Balaban J connectivity index is 0.00000676. The summed E-state index contributed by atoms with van der Waals surface area (Å²) >= 11 is 0. The number of benzene rings is 1. The second kappa shape index (κ2) is 13.2. The summed E-state index contributed by atoms with van der Waals surface area (Å²) < 4.78 is 30.2. The monoisotopic (exact) mass is 512 g/mol. The van der Waals surface area contributed by atoms with Crippen molar-refractivity contribution < 1.29 is 13.2 Å². The van der Waals surface area contributed by atoms with Gasteiger partial charge in [0.2, 0.25) is 10.0 Å². The number of ether oxygens (including phenoxy) is 1. The molecule has 0 aromatic heterocycles. The van der Waals surface area contributed by atoms with E-state index in [0.717, 1.165) is 17.6 Å². The molecule has 0 bridgehead atoms. The standard InChI is InChI=1S/C18H32N4O3S.HI/c1-14(2)13-25-17-9-7-16(8-10-17)15(3)22-18(19-4)20-11-6-12-21-26(5,23)24;/h7-10,14-15,21H,6,11-13H2,1-5H3,(H2,19,20,22);1H. The van der Waals surface area contributed by atoms with Crippen LogP contribution in [0.3, 0.4) is 0 Å². The van der Waals surface area contributed by atoms with Gasteiger partial charge in [0.1, 0.15) is 5.75 Å². The van der Waals surface area contributed by atoms with Gasteiger partial charge < -0.3 is 15.4 Å². The maximum atomic E-state index is 11.0. The molecular formula is C18H33IN4O3S. The normalized spacial score (nSPS) is 13.0. The summed E-state index contributed by atoms with van der Waals surface area (Å²) in [6, 6.07) is 8.11. The SMILES string of the molecule is CN=C(NCCCNS(C)(=O)=O)NC(C)c1ccc(OCC(C)C)cc1.I. The van der Waals surface area contributed by atoms with Crippen LogP contribution in [-0.2, 0) is 10.0 Å². The van der Waals surface area contributed by atoms with E-state index in [1.54, 1.807) is 7.05 Å². The zero-order chi connectivity index (χ0) is 19.6. The lowest BCUT2D eigenvalue weighted by Crippen LogP contribution is -2.39. The zero-order valence-corrected chi connectivity index (χ0v) is 19.9. The molecule has 1 aromatic carbocycles. The molecule has 0 fully saturated rings. The Bertz CT molecular complexity index is 664. The van der Waals surface area contributed by atoms with Gasteiger partial charge in [0.25, 0.3) is 0 Å². The number of nitrogens with zero attached hydrogens (tertiary/aromatic N) is 1. The van der Waals surface area contributed by atoms with Gasteiger partial charge in [-0.3, -0.25) is 4.99 Å². The third-order valence-corrected chi connectivity index (χ3v) is 4.28. The van der Waals surface area contributed by atoms with Crippen molar-refractivity contribution in [3.8, 4) is 5.75 Å². The molecule has 9 heteroatoms. The lowest BCUT2D eigenvalue weighted by molar-refractivity contribution is 0.271. The third-order valence-electron chi connectivity index (χ3n) is 3.55. The summed E-state index contributed by atoms with van der Waals surface area (Å²) in [6.45, 7) is 8.03. The second-order valence-corrected chi connectivity index (χ2v) is 8.49. The molecule has 156 valence electrons. The van der Waals surface area contributed by atoms with Crippen LogP contribution in [0.1, 0.15) is 38.8 Å². The van der Waals surface area contributed by atoms with Crippen molar-refractivity contribution in [2.75, 3.05) is 33.0 Å². The molecule has 1 rings (SSSR count). The summed E-state index contributed by atoms with van der Waals surface area (Å²) in [5.74, 6) is 2.05. The lowest BCUT2D eigenvalue weighted by atomic mass is 10.1. The summed E-state index contributed by atoms with van der Waals surface area (Å²) in [7, 11) is -1.42. The van der Waals surface area contributed by atoms with Gasteiger partial charge in [-0.05, 0) is 37.0 Å². The van der Waals surface area contributed by atoms with E-state index in [1.807, 2.05) is 24.3 Å². The molecule has 0 amide bonds. The van der Waals surface area contributed by atoms with Crippen molar-refractivity contribution in [3.63, 3.8) is 0 Å². The molecule has 0 spiro atoms. The van der Waals surface area contributed by atoms with E-state index >= 15 is 0 Å². The highest BCUT2D eigenvalue weighted by molar-refractivity contribution is 14.0. The van der Waals surface area contributed by atoms with Gasteiger partial charge in [-0.15, -0.1) is 24.0 Å². The highest BCUT2D eigenvalue weighted by Crippen LogP contribution is 2.18. The Labute approximate surface area is 180 Å². The molecule has 27 heavy (non-hydrogen) atoms.